The Balaban J connectivity index is 2.78. The van der Waals surface area contributed by atoms with Gasteiger partial charge in [-0.05, 0) is 45.7 Å². The molecule has 21 heavy (non-hydrogen) atoms. The zero-order valence-electron chi connectivity index (χ0n) is 13.5. The average molecular weight is 293 g/mol. The van der Waals surface area contributed by atoms with Crippen LogP contribution in [0.15, 0.2) is 30.3 Å². The maximum Gasteiger partial charge on any atom is 0.303 e. The summed E-state index contributed by atoms with van der Waals surface area (Å²) < 4.78 is 5.52. The van der Waals surface area contributed by atoms with E-state index in [0.717, 1.165) is 18.7 Å². The van der Waals surface area contributed by atoms with E-state index in [1.807, 2.05) is 18.2 Å². The fourth-order valence-electron chi connectivity index (χ4n) is 2.53. The van der Waals surface area contributed by atoms with Gasteiger partial charge in [0, 0.05) is 31.8 Å². The third-order valence-electron chi connectivity index (χ3n) is 3.75. The second-order valence-corrected chi connectivity index (χ2v) is 6.04. The largest absolute Gasteiger partial charge is 0.481 e. The van der Waals surface area contributed by atoms with Crippen LogP contribution in [0.25, 0.3) is 0 Å². The molecule has 0 amide bonds. The van der Waals surface area contributed by atoms with Crippen molar-refractivity contribution >= 4 is 11.7 Å². The predicted octanol–water partition coefficient (Wildman–Crippen LogP) is 3.56. The van der Waals surface area contributed by atoms with Crippen LogP contribution in [0.3, 0.4) is 0 Å². The van der Waals surface area contributed by atoms with Gasteiger partial charge >= 0.3 is 5.97 Å². The van der Waals surface area contributed by atoms with Crippen LogP contribution in [0.5, 0.6) is 0 Å². The van der Waals surface area contributed by atoms with Gasteiger partial charge in [-0.1, -0.05) is 18.2 Å². The fourth-order valence-corrected chi connectivity index (χ4v) is 2.53. The Morgan fingerprint density at radius 2 is 1.95 bits per heavy atom. The number of carboxylic acid groups (broad SMARTS) is 1. The summed E-state index contributed by atoms with van der Waals surface area (Å²) in [5.74, 6) is -0.743. The monoisotopic (exact) mass is 293 g/mol. The molecule has 1 unspecified atom stereocenters. The van der Waals surface area contributed by atoms with Crippen molar-refractivity contribution in [3.63, 3.8) is 0 Å². The van der Waals surface area contributed by atoms with Crippen LogP contribution in [0.4, 0.5) is 5.69 Å². The summed E-state index contributed by atoms with van der Waals surface area (Å²) in [5.41, 5.74) is 0.932. The van der Waals surface area contributed by atoms with Crippen molar-refractivity contribution in [3.05, 3.63) is 30.3 Å². The first-order valence-corrected chi connectivity index (χ1v) is 7.44. The van der Waals surface area contributed by atoms with Crippen LogP contribution >= 0.6 is 0 Å². The molecule has 1 rings (SSSR count). The lowest BCUT2D eigenvalue weighted by Crippen LogP contribution is -2.40. The first-order valence-electron chi connectivity index (χ1n) is 7.44. The SMILES string of the molecule is COC(C)(C)CC(C)N(CCCC(=O)O)c1ccccc1. The number of rotatable bonds is 9. The molecule has 4 nitrogen and oxygen atoms in total. The summed E-state index contributed by atoms with van der Waals surface area (Å²) in [5, 5.41) is 8.82. The number of benzene rings is 1. The van der Waals surface area contributed by atoms with Gasteiger partial charge in [-0.2, -0.15) is 0 Å². The molecule has 0 heterocycles. The number of carboxylic acids is 1. The van der Waals surface area contributed by atoms with Gasteiger partial charge in [0.2, 0.25) is 0 Å². The molecular weight excluding hydrogens is 266 g/mol. The number of carbonyl (C=O) groups is 1. The highest BCUT2D eigenvalue weighted by Gasteiger charge is 2.24. The van der Waals surface area contributed by atoms with E-state index in [0.29, 0.717) is 6.42 Å². The van der Waals surface area contributed by atoms with Crippen LogP contribution in [0, 0.1) is 0 Å². The summed E-state index contributed by atoms with van der Waals surface area (Å²) in [4.78, 5) is 13.0. The van der Waals surface area contributed by atoms with Gasteiger partial charge in [0.1, 0.15) is 0 Å². The molecule has 0 aliphatic carbocycles. The predicted molar refractivity (Wildman–Crippen MR) is 85.8 cm³/mol. The normalized spacial score (nSPS) is 13.0. The highest BCUT2D eigenvalue weighted by molar-refractivity contribution is 5.66. The quantitative estimate of drug-likeness (QED) is 0.756. The summed E-state index contributed by atoms with van der Waals surface area (Å²) >= 11 is 0. The maximum atomic E-state index is 10.7. The third kappa shape index (κ3) is 6.17. The van der Waals surface area contributed by atoms with Gasteiger partial charge in [-0.25, -0.2) is 0 Å². The van der Waals surface area contributed by atoms with Crippen molar-refractivity contribution in [3.8, 4) is 0 Å². The van der Waals surface area contributed by atoms with Crippen LogP contribution in [-0.2, 0) is 9.53 Å². The minimum Gasteiger partial charge on any atom is -0.481 e. The molecule has 118 valence electrons. The Labute approximate surface area is 127 Å². The number of hydrogen-bond donors (Lipinski definition) is 1. The Bertz CT molecular complexity index is 431. The number of ether oxygens (including phenoxy) is 1. The van der Waals surface area contributed by atoms with Gasteiger partial charge in [0.25, 0.3) is 0 Å². The van der Waals surface area contributed by atoms with E-state index in [9.17, 15) is 4.79 Å². The molecule has 0 radical (unpaired) electrons. The smallest absolute Gasteiger partial charge is 0.303 e. The van der Waals surface area contributed by atoms with E-state index < -0.39 is 5.97 Å². The van der Waals surface area contributed by atoms with E-state index in [1.54, 1.807) is 7.11 Å². The van der Waals surface area contributed by atoms with Crippen LogP contribution in [-0.4, -0.2) is 36.4 Å². The summed E-state index contributed by atoms with van der Waals surface area (Å²) in [6.07, 6.45) is 1.72. The van der Waals surface area contributed by atoms with Crippen molar-refractivity contribution in [1.29, 1.82) is 0 Å². The lowest BCUT2D eigenvalue weighted by atomic mass is 9.98. The van der Waals surface area contributed by atoms with Crippen molar-refractivity contribution in [2.24, 2.45) is 0 Å². The third-order valence-corrected chi connectivity index (χ3v) is 3.75. The van der Waals surface area contributed by atoms with Crippen LogP contribution in [0.1, 0.15) is 40.0 Å². The molecule has 1 N–H and O–H groups in total. The molecule has 4 heteroatoms. The Morgan fingerprint density at radius 1 is 1.33 bits per heavy atom. The Morgan fingerprint density at radius 3 is 2.48 bits per heavy atom. The minimum absolute atomic E-state index is 0.195. The standard InChI is InChI=1S/C17H27NO3/c1-14(13-17(2,3)21-4)18(12-8-11-16(19)20)15-9-6-5-7-10-15/h5-7,9-10,14H,8,11-13H2,1-4H3,(H,19,20). The topological polar surface area (TPSA) is 49.8 Å². The van der Waals surface area contributed by atoms with Crippen LogP contribution < -0.4 is 4.90 Å². The van der Waals surface area contributed by atoms with Gasteiger partial charge < -0.3 is 14.7 Å². The lowest BCUT2D eigenvalue weighted by molar-refractivity contribution is -0.137. The molecule has 0 saturated heterocycles. The summed E-state index contributed by atoms with van der Waals surface area (Å²) in [6, 6.07) is 10.4. The molecule has 1 atom stereocenters. The Hall–Kier alpha value is -1.55. The number of hydrogen-bond acceptors (Lipinski definition) is 3. The van der Waals surface area contributed by atoms with E-state index >= 15 is 0 Å². The van der Waals surface area contributed by atoms with Gasteiger partial charge in [-0.15, -0.1) is 0 Å². The molecule has 0 aromatic heterocycles. The van der Waals surface area contributed by atoms with Gasteiger partial charge in [0.05, 0.1) is 5.60 Å². The lowest BCUT2D eigenvalue weighted by Gasteiger charge is -2.36. The molecule has 1 aromatic rings. The molecule has 0 saturated carbocycles. The second-order valence-electron chi connectivity index (χ2n) is 6.04. The molecular formula is C17H27NO3. The van der Waals surface area contributed by atoms with Crippen molar-refractivity contribution in [2.75, 3.05) is 18.6 Å². The van der Waals surface area contributed by atoms with Gasteiger partial charge in [0.15, 0.2) is 0 Å². The first-order chi connectivity index (χ1) is 9.85. The van der Waals surface area contributed by atoms with E-state index in [2.05, 4.69) is 37.8 Å². The molecule has 0 aliphatic rings. The van der Waals surface area contributed by atoms with Crippen LogP contribution in [0.2, 0.25) is 0 Å². The second kappa shape index (κ2) is 8.03. The number of anilines is 1. The first kappa shape index (κ1) is 17.5. The number of methoxy groups -OCH3 is 1. The van der Waals surface area contributed by atoms with Crippen molar-refractivity contribution in [2.45, 2.75) is 51.7 Å². The Kier molecular flexibility index (Phi) is 6.69. The summed E-state index contributed by atoms with van der Waals surface area (Å²) in [7, 11) is 1.73. The van der Waals surface area contributed by atoms with E-state index in [-0.39, 0.29) is 18.1 Å². The van der Waals surface area contributed by atoms with E-state index in [1.165, 1.54) is 0 Å². The number of aliphatic carboxylic acids is 1. The fraction of sp³-hybridized carbons (Fsp3) is 0.588. The zero-order chi connectivity index (χ0) is 15.9. The molecule has 1 aromatic carbocycles. The molecule has 0 aliphatic heterocycles. The molecule has 0 bridgehead atoms. The highest BCUT2D eigenvalue weighted by atomic mass is 16.5. The molecule has 0 fully saturated rings. The average Bonchev–Trinajstić information content (AvgIpc) is 2.43. The maximum absolute atomic E-state index is 10.7. The number of nitrogens with zero attached hydrogens (tertiary/aromatic N) is 1. The zero-order valence-corrected chi connectivity index (χ0v) is 13.5. The minimum atomic E-state index is -0.743. The van der Waals surface area contributed by atoms with Gasteiger partial charge in [-0.3, -0.25) is 4.79 Å². The van der Waals surface area contributed by atoms with E-state index in [4.69, 9.17) is 9.84 Å². The highest BCUT2D eigenvalue weighted by Crippen LogP contribution is 2.24. The summed E-state index contributed by atoms with van der Waals surface area (Å²) in [6.45, 7) is 7.04. The van der Waals surface area contributed by atoms with Crippen molar-refractivity contribution < 1.29 is 14.6 Å². The molecule has 0 spiro atoms. The van der Waals surface area contributed by atoms with Crippen molar-refractivity contribution in [1.82, 2.24) is 0 Å². The number of para-hydroxylation sites is 1.